The normalized spacial score (nSPS) is 20.4. The third-order valence-electron chi connectivity index (χ3n) is 2.74. The first-order valence-electron chi connectivity index (χ1n) is 5.00. The fourth-order valence-corrected chi connectivity index (χ4v) is 4.71. The van der Waals surface area contributed by atoms with E-state index in [1.165, 1.54) is 11.3 Å². The lowest BCUT2D eigenvalue weighted by Gasteiger charge is -2.22. The maximum atomic E-state index is 12.2. The van der Waals surface area contributed by atoms with Gasteiger partial charge in [-0.15, -0.1) is 11.3 Å². The minimum Gasteiger partial charge on any atom is -0.394 e. The molecular weight excluding hydrogens is 358 g/mol. The Bertz CT molecular complexity index is 408. The van der Waals surface area contributed by atoms with E-state index in [0.717, 1.165) is 27.0 Å². The number of rotatable bonds is 2. The molecule has 0 aliphatic carbocycles. The van der Waals surface area contributed by atoms with Gasteiger partial charge in [-0.05, 0) is 50.8 Å². The van der Waals surface area contributed by atoms with Crippen molar-refractivity contribution in [2.24, 2.45) is 0 Å². The minimum absolute atomic E-state index is 0.00498. The molecule has 1 amide bonds. The molecule has 3 nitrogen and oxygen atoms in total. The fraction of sp³-hybridized carbons (Fsp3) is 0.500. The maximum absolute atomic E-state index is 12.2. The van der Waals surface area contributed by atoms with Crippen LogP contribution in [0.25, 0.3) is 0 Å². The second kappa shape index (κ2) is 5.16. The van der Waals surface area contributed by atoms with Crippen LogP contribution in [-0.4, -0.2) is 35.1 Å². The van der Waals surface area contributed by atoms with Crippen molar-refractivity contribution in [3.8, 4) is 0 Å². The average molecular weight is 369 g/mol. The van der Waals surface area contributed by atoms with Crippen LogP contribution in [0.15, 0.2) is 13.6 Å². The molecule has 16 heavy (non-hydrogen) atoms. The molecule has 1 unspecified atom stereocenters. The molecule has 88 valence electrons. The van der Waals surface area contributed by atoms with Gasteiger partial charge in [-0.25, -0.2) is 0 Å². The summed E-state index contributed by atoms with van der Waals surface area (Å²) < 4.78 is 1.77. The predicted molar refractivity (Wildman–Crippen MR) is 70.9 cm³/mol. The molecule has 1 aromatic heterocycles. The Kier molecular flexibility index (Phi) is 4.05. The van der Waals surface area contributed by atoms with Crippen LogP contribution in [0, 0.1) is 0 Å². The maximum Gasteiger partial charge on any atom is 0.256 e. The lowest BCUT2D eigenvalue weighted by molar-refractivity contribution is 0.0677. The molecule has 1 N–H and O–H groups in total. The van der Waals surface area contributed by atoms with E-state index in [2.05, 4.69) is 31.9 Å². The molecule has 0 aromatic carbocycles. The molecular formula is C10H11Br2NO2S. The molecule has 6 heteroatoms. The monoisotopic (exact) mass is 367 g/mol. The Morgan fingerprint density at radius 2 is 2.38 bits per heavy atom. The molecule has 2 heterocycles. The van der Waals surface area contributed by atoms with Crippen molar-refractivity contribution >= 4 is 49.1 Å². The Morgan fingerprint density at radius 3 is 2.94 bits per heavy atom. The highest BCUT2D eigenvalue weighted by Crippen LogP contribution is 2.33. The van der Waals surface area contributed by atoms with Crippen LogP contribution in [0.3, 0.4) is 0 Å². The number of likely N-dealkylation sites (tertiary alicyclic amines) is 1. The summed E-state index contributed by atoms with van der Waals surface area (Å²) in [5, 5.41) is 9.19. The van der Waals surface area contributed by atoms with E-state index in [1.54, 1.807) is 4.90 Å². The second-order valence-electron chi connectivity index (χ2n) is 3.72. The molecule has 1 fully saturated rings. The van der Waals surface area contributed by atoms with Crippen LogP contribution in [0.4, 0.5) is 0 Å². The van der Waals surface area contributed by atoms with Crippen LogP contribution in [0.5, 0.6) is 0 Å². The Balaban J connectivity index is 2.21. The quantitative estimate of drug-likeness (QED) is 0.871. The van der Waals surface area contributed by atoms with Crippen LogP contribution < -0.4 is 0 Å². The van der Waals surface area contributed by atoms with Gasteiger partial charge in [-0.1, -0.05) is 0 Å². The van der Waals surface area contributed by atoms with Crippen LogP contribution in [-0.2, 0) is 0 Å². The van der Waals surface area contributed by atoms with E-state index in [9.17, 15) is 9.90 Å². The molecule has 0 spiro atoms. The second-order valence-corrected chi connectivity index (χ2v) is 7.46. The fourth-order valence-electron chi connectivity index (χ4n) is 1.93. The number of carbonyl (C=O) groups excluding carboxylic acids is 1. The number of aliphatic hydroxyl groups excluding tert-OH is 1. The minimum atomic E-state index is -0.0157. The van der Waals surface area contributed by atoms with E-state index in [4.69, 9.17) is 0 Å². The Morgan fingerprint density at radius 1 is 1.62 bits per heavy atom. The number of nitrogens with zero attached hydrogens (tertiary/aromatic N) is 1. The van der Waals surface area contributed by atoms with Gasteiger partial charge in [0, 0.05) is 6.54 Å². The highest BCUT2D eigenvalue weighted by atomic mass is 79.9. The standard InChI is InChI=1S/C10H11Br2NO2S/c11-8-4-7(9(12)16-8)10(15)13-3-1-2-6(13)5-14/h4,6,14H,1-3,5H2. The van der Waals surface area contributed by atoms with Gasteiger partial charge in [0.2, 0.25) is 0 Å². The third-order valence-corrected chi connectivity index (χ3v) is 5.08. The number of hydrogen-bond acceptors (Lipinski definition) is 3. The van der Waals surface area contributed by atoms with Crippen molar-refractivity contribution < 1.29 is 9.90 Å². The first-order chi connectivity index (χ1) is 7.63. The van der Waals surface area contributed by atoms with Gasteiger partial charge < -0.3 is 10.0 Å². The van der Waals surface area contributed by atoms with Crippen molar-refractivity contribution in [3.63, 3.8) is 0 Å². The summed E-state index contributed by atoms with van der Waals surface area (Å²) in [5.74, 6) is 0.00498. The molecule has 0 radical (unpaired) electrons. The Labute approximate surface area is 115 Å². The van der Waals surface area contributed by atoms with Gasteiger partial charge in [0.05, 0.1) is 25.8 Å². The molecule has 0 saturated carbocycles. The third kappa shape index (κ3) is 2.34. The van der Waals surface area contributed by atoms with Crippen molar-refractivity contribution in [3.05, 3.63) is 19.2 Å². The summed E-state index contributed by atoms with van der Waals surface area (Å²) in [7, 11) is 0. The molecule has 2 rings (SSSR count). The summed E-state index contributed by atoms with van der Waals surface area (Å²) in [6.45, 7) is 0.790. The first-order valence-corrected chi connectivity index (χ1v) is 7.40. The number of thiophene rings is 1. The van der Waals surface area contributed by atoms with E-state index >= 15 is 0 Å². The summed E-state index contributed by atoms with van der Waals surface area (Å²) in [4.78, 5) is 14.0. The van der Waals surface area contributed by atoms with Crippen LogP contribution >= 0.6 is 43.2 Å². The van der Waals surface area contributed by atoms with Gasteiger partial charge in [-0.3, -0.25) is 4.79 Å². The number of carbonyl (C=O) groups is 1. The molecule has 1 aliphatic rings. The number of amides is 1. The van der Waals surface area contributed by atoms with Crippen molar-refractivity contribution in [2.45, 2.75) is 18.9 Å². The zero-order valence-corrected chi connectivity index (χ0v) is 12.4. The lowest BCUT2D eigenvalue weighted by atomic mass is 10.2. The number of hydrogen-bond donors (Lipinski definition) is 1. The summed E-state index contributed by atoms with van der Waals surface area (Å²) >= 11 is 8.23. The van der Waals surface area contributed by atoms with Gasteiger partial charge in [0.1, 0.15) is 0 Å². The Hall–Kier alpha value is 0.0900. The SMILES string of the molecule is O=C(c1cc(Br)sc1Br)N1CCCC1CO. The zero-order valence-electron chi connectivity index (χ0n) is 8.45. The zero-order chi connectivity index (χ0) is 11.7. The van der Waals surface area contributed by atoms with Crippen LogP contribution in [0.1, 0.15) is 23.2 Å². The topological polar surface area (TPSA) is 40.5 Å². The smallest absolute Gasteiger partial charge is 0.256 e. The largest absolute Gasteiger partial charge is 0.394 e. The van der Waals surface area contributed by atoms with E-state index in [0.29, 0.717) is 5.56 Å². The first kappa shape index (κ1) is 12.5. The van der Waals surface area contributed by atoms with Crippen LogP contribution in [0.2, 0.25) is 0 Å². The van der Waals surface area contributed by atoms with Gasteiger partial charge >= 0.3 is 0 Å². The van der Waals surface area contributed by atoms with E-state index < -0.39 is 0 Å². The molecule has 1 aliphatic heterocycles. The molecule has 1 saturated heterocycles. The number of halogens is 2. The van der Waals surface area contributed by atoms with Gasteiger partial charge in [0.15, 0.2) is 0 Å². The van der Waals surface area contributed by atoms with E-state index in [-0.39, 0.29) is 18.6 Å². The number of aliphatic hydroxyl groups is 1. The predicted octanol–water partition coefficient (Wildman–Crippen LogP) is 2.87. The highest BCUT2D eigenvalue weighted by molar-refractivity contribution is 9.12. The summed E-state index contributed by atoms with van der Waals surface area (Å²) in [5.41, 5.74) is 0.678. The van der Waals surface area contributed by atoms with Gasteiger partial charge in [0.25, 0.3) is 5.91 Å². The summed E-state index contributed by atoms with van der Waals surface area (Å²) in [6.07, 6.45) is 1.87. The molecule has 1 atom stereocenters. The van der Waals surface area contributed by atoms with Crippen molar-refractivity contribution in [1.82, 2.24) is 4.90 Å². The van der Waals surface area contributed by atoms with Crippen molar-refractivity contribution in [2.75, 3.05) is 13.2 Å². The van der Waals surface area contributed by atoms with Crippen molar-refractivity contribution in [1.29, 1.82) is 0 Å². The lowest BCUT2D eigenvalue weighted by Crippen LogP contribution is -2.37. The molecule has 1 aromatic rings. The average Bonchev–Trinajstić information content (AvgIpc) is 2.83. The summed E-state index contributed by atoms with van der Waals surface area (Å²) in [6, 6.07) is 1.81. The van der Waals surface area contributed by atoms with E-state index in [1.807, 2.05) is 6.07 Å². The highest BCUT2D eigenvalue weighted by Gasteiger charge is 2.30. The van der Waals surface area contributed by atoms with Gasteiger partial charge in [-0.2, -0.15) is 0 Å². The molecule has 0 bridgehead atoms.